The molecule has 1 aromatic carbocycles. The number of hydrogen-bond acceptors (Lipinski definition) is 6. The Kier molecular flexibility index (Phi) is 7.01. The number of nitrogens with two attached hydrogens (primary N) is 1. The van der Waals surface area contributed by atoms with Crippen LogP contribution in [0.2, 0.25) is 0 Å². The highest BCUT2D eigenvalue weighted by atomic mass is 16.5. The molecule has 134 valence electrons. The van der Waals surface area contributed by atoms with Gasteiger partial charge in [-0.05, 0) is 11.6 Å². The van der Waals surface area contributed by atoms with E-state index in [4.69, 9.17) is 10.5 Å². The minimum absolute atomic E-state index is 0.209. The van der Waals surface area contributed by atoms with E-state index in [1.165, 1.54) is 19.4 Å². The van der Waals surface area contributed by atoms with Gasteiger partial charge in [0.1, 0.15) is 12.4 Å². The number of anilines is 1. The summed E-state index contributed by atoms with van der Waals surface area (Å²) in [4.78, 5) is 27.0. The molecule has 0 aliphatic rings. The average Bonchev–Trinajstić information content (AvgIpc) is 2.67. The van der Waals surface area contributed by atoms with E-state index >= 15 is 0 Å². The molecule has 3 N–H and O–H groups in total. The zero-order chi connectivity index (χ0) is 18.8. The van der Waals surface area contributed by atoms with Gasteiger partial charge in [-0.3, -0.25) is 0 Å². The Labute approximate surface area is 151 Å². The van der Waals surface area contributed by atoms with Crippen LogP contribution in [0.1, 0.15) is 27.9 Å². The Balaban J connectivity index is 1.78. The number of esters is 1. The Morgan fingerprint density at radius 2 is 2.04 bits per heavy atom. The van der Waals surface area contributed by atoms with Gasteiger partial charge in [0.25, 0.3) is 0 Å². The van der Waals surface area contributed by atoms with E-state index in [1.807, 2.05) is 30.3 Å². The number of amides is 1. The summed E-state index contributed by atoms with van der Waals surface area (Å²) < 4.78 is 9.71. The number of nitrogen functional groups attached to an aromatic ring is 1. The van der Waals surface area contributed by atoms with E-state index in [-0.39, 0.29) is 18.0 Å². The van der Waals surface area contributed by atoms with Gasteiger partial charge in [0.2, 0.25) is 0 Å². The zero-order valence-corrected chi connectivity index (χ0v) is 14.3. The van der Waals surface area contributed by atoms with Gasteiger partial charge in [-0.2, -0.15) is 0 Å². The number of rotatable bonds is 5. The number of aromatic nitrogens is 1. The Bertz CT molecular complexity index is 826. The first-order valence-corrected chi connectivity index (χ1v) is 7.87. The third-order valence-corrected chi connectivity index (χ3v) is 3.29. The normalized spacial score (nSPS) is 9.58. The molecule has 7 heteroatoms. The molecule has 1 heterocycles. The van der Waals surface area contributed by atoms with Gasteiger partial charge in [-0.15, -0.1) is 0 Å². The molecular formula is C19H19N3O4. The molecular weight excluding hydrogens is 334 g/mol. The van der Waals surface area contributed by atoms with Gasteiger partial charge in [0, 0.05) is 19.2 Å². The maximum atomic E-state index is 11.6. The number of nitrogens with zero attached hydrogens (tertiary/aromatic N) is 1. The van der Waals surface area contributed by atoms with Crippen molar-refractivity contribution in [1.29, 1.82) is 0 Å². The summed E-state index contributed by atoms with van der Waals surface area (Å²) in [5.41, 5.74) is 7.35. The Morgan fingerprint density at radius 1 is 1.27 bits per heavy atom. The van der Waals surface area contributed by atoms with Crippen LogP contribution in [-0.4, -0.2) is 30.7 Å². The van der Waals surface area contributed by atoms with Crippen molar-refractivity contribution in [3.05, 3.63) is 59.3 Å². The summed E-state index contributed by atoms with van der Waals surface area (Å²) in [6.07, 6.45) is 1.21. The van der Waals surface area contributed by atoms with Gasteiger partial charge < -0.3 is 20.5 Å². The van der Waals surface area contributed by atoms with Gasteiger partial charge >= 0.3 is 12.1 Å². The third-order valence-electron chi connectivity index (χ3n) is 3.29. The van der Waals surface area contributed by atoms with Gasteiger partial charge in [-0.1, -0.05) is 42.2 Å². The average molecular weight is 353 g/mol. The highest BCUT2D eigenvalue weighted by molar-refractivity contribution is 5.89. The Morgan fingerprint density at radius 3 is 2.77 bits per heavy atom. The maximum absolute atomic E-state index is 11.6. The smallest absolute Gasteiger partial charge is 0.407 e. The highest BCUT2D eigenvalue weighted by Crippen LogP contribution is 2.10. The van der Waals surface area contributed by atoms with Crippen molar-refractivity contribution in [2.45, 2.75) is 13.0 Å². The third kappa shape index (κ3) is 5.83. The van der Waals surface area contributed by atoms with E-state index in [2.05, 4.69) is 26.9 Å². The van der Waals surface area contributed by atoms with Crippen LogP contribution in [0.5, 0.6) is 0 Å². The fraction of sp³-hybridized carbons (Fsp3) is 0.211. The lowest BCUT2D eigenvalue weighted by molar-refractivity contribution is 0.0600. The summed E-state index contributed by atoms with van der Waals surface area (Å²) in [6, 6.07) is 10.9. The number of pyridine rings is 1. The number of alkyl carbamates (subject to hydrolysis) is 1. The molecule has 2 aromatic rings. The van der Waals surface area contributed by atoms with Gasteiger partial charge in [-0.25, -0.2) is 14.6 Å². The summed E-state index contributed by atoms with van der Waals surface area (Å²) in [5.74, 6) is 5.40. The van der Waals surface area contributed by atoms with Crippen LogP contribution in [0.25, 0.3) is 0 Å². The molecule has 0 aliphatic heterocycles. The number of benzene rings is 1. The van der Waals surface area contributed by atoms with Crippen molar-refractivity contribution in [3.8, 4) is 11.8 Å². The molecule has 0 bridgehead atoms. The lowest BCUT2D eigenvalue weighted by Gasteiger charge is -2.05. The highest BCUT2D eigenvalue weighted by Gasteiger charge is 2.08. The van der Waals surface area contributed by atoms with Crippen molar-refractivity contribution in [1.82, 2.24) is 10.3 Å². The lowest BCUT2D eigenvalue weighted by atomic mass is 10.2. The first-order chi connectivity index (χ1) is 12.6. The molecule has 1 amide bonds. The lowest BCUT2D eigenvalue weighted by Crippen LogP contribution is -2.24. The van der Waals surface area contributed by atoms with Crippen LogP contribution in [0, 0.1) is 11.8 Å². The van der Waals surface area contributed by atoms with Crippen molar-refractivity contribution in [2.24, 2.45) is 0 Å². The molecule has 0 unspecified atom stereocenters. The minimum Gasteiger partial charge on any atom is -0.465 e. The maximum Gasteiger partial charge on any atom is 0.407 e. The van der Waals surface area contributed by atoms with Gasteiger partial charge in [0.05, 0.1) is 18.2 Å². The molecule has 0 spiro atoms. The van der Waals surface area contributed by atoms with Crippen molar-refractivity contribution in [2.75, 3.05) is 19.4 Å². The second kappa shape index (κ2) is 9.69. The molecule has 1 aromatic heterocycles. The summed E-state index contributed by atoms with van der Waals surface area (Å²) in [7, 11) is 1.28. The van der Waals surface area contributed by atoms with Crippen molar-refractivity contribution in [3.63, 3.8) is 0 Å². The van der Waals surface area contributed by atoms with Crippen molar-refractivity contribution >= 4 is 17.9 Å². The fourth-order valence-corrected chi connectivity index (χ4v) is 1.96. The standard InChI is InChI=1S/C19H19N3O4/c1-25-18(23)16-11-15(17(20)22-12-16)9-5-6-10-21-19(24)26-13-14-7-3-2-4-8-14/h2-4,7-8,11-12H,6,10,13H2,1H3,(H2,20,22)(H,21,24). The summed E-state index contributed by atoms with van der Waals surface area (Å²) in [5, 5.41) is 2.61. The second-order valence-electron chi connectivity index (χ2n) is 5.19. The van der Waals surface area contributed by atoms with Crippen LogP contribution < -0.4 is 11.1 Å². The van der Waals surface area contributed by atoms with E-state index in [0.29, 0.717) is 18.5 Å². The number of ether oxygens (including phenoxy) is 2. The quantitative estimate of drug-likeness (QED) is 0.485. The number of nitrogens with one attached hydrogen (secondary N) is 1. The molecule has 0 aliphatic carbocycles. The molecule has 0 radical (unpaired) electrons. The number of carbonyl (C=O) groups excluding carboxylic acids is 2. The molecule has 26 heavy (non-hydrogen) atoms. The Hall–Kier alpha value is -3.53. The SMILES string of the molecule is COC(=O)c1cnc(N)c(C#CCCNC(=O)OCc2ccccc2)c1. The van der Waals surface area contributed by atoms with Crippen molar-refractivity contribution < 1.29 is 19.1 Å². The molecule has 2 rings (SSSR count). The topological polar surface area (TPSA) is 104 Å². The van der Waals surface area contributed by atoms with Crippen LogP contribution in [-0.2, 0) is 16.1 Å². The number of methoxy groups -OCH3 is 1. The fourth-order valence-electron chi connectivity index (χ4n) is 1.96. The van der Waals surface area contributed by atoms with Crippen LogP contribution >= 0.6 is 0 Å². The first-order valence-electron chi connectivity index (χ1n) is 7.87. The molecule has 0 fully saturated rings. The van der Waals surface area contributed by atoms with Gasteiger partial charge in [0.15, 0.2) is 0 Å². The number of carbonyl (C=O) groups is 2. The molecule has 0 saturated carbocycles. The van der Waals surface area contributed by atoms with E-state index in [9.17, 15) is 9.59 Å². The first kappa shape index (κ1) is 18.8. The van der Waals surface area contributed by atoms with E-state index in [1.54, 1.807) is 0 Å². The minimum atomic E-state index is -0.511. The van der Waals surface area contributed by atoms with Crippen LogP contribution in [0.15, 0.2) is 42.6 Å². The summed E-state index contributed by atoms with van der Waals surface area (Å²) in [6.45, 7) is 0.533. The van der Waals surface area contributed by atoms with Crippen LogP contribution in [0.4, 0.5) is 10.6 Å². The monoisotopic (exact) mass is 353 g/mol. The zero-order valence-electron chi connectivity index (χ0n) is 14.3. The van der Waals surface area contributed by atoms with E-state index < -0.39 is 12.1 Å². The predicted octanol–water partition coefficient (Wildman–Crippen LogP) is 2.12. The second-order valence-corrected chi connectivity index (χ2v) is 5.19. The largest absolute Gasteiger partial charge is 0.465 e. The number of hydrogen-bond donors (Lipinski definition) is 2. The van der Waals surface area contributed by atoms with E-state index in [0.717, 1.165) is 5.56 Å². The predicted molar refractivity (Wildman–Crippen MR) is 96.1 cm³/mol. The summed E-state index contributed by atoms with van der Waals surface area (Å²) >= 11 is 0. The molecule has 0 saturated heterocycles. The molecule has 7 nitrogen and oxygen atoms in total. The van der Waals surface area contributed by atoms with Crippen LogP contribution in [0.3, 0.4) is 0 Å². The molecule has 0 atom stereocenters.